The number of hydrogen-bond acceptors (Lipinski definition) is 2. The molecule has 0 aliphatic heterocycles. The monoisotopic (exact) mass is 172 g/mol. The van der Waals surface area contributed by atoms with Gasteiger partial charge in [0.25, 0.3) is 0 Å². The van der Waals surface area contributed by atoms with Gasteiger partial charge in [-0.2, -0.15) is 15.4 Å². The molecule has 2 aromatic rings. The molecule has 0 unspecified atom stereocenters. The fourth-order valence-electron chi connectivity index (χ4n) is 0.444. The number of aromatic nitrogens is 4. The maximum atomic E-state index is 3.49. The summed E-state index contributed by atoms with van der Waals surface area (Å²) in [4.78, 5) is 2.86. The zero-order valence-corrected chi connectivity index (χ0v) is 6.58. The third-order valence-corrected chi connectivity index (χ3v) is 0.827. The Morgan fingerprint density at radius 3 is 1.64 bits per heavy atom. The molecular formula is C6H9ClN4. The number of H-pyrrole nitrogens is 2. The highest BCUT2D eigenvalue weighted by Crippen LogP contribution is 1.72. The third kappa shape index (κ3) is 5.17. The quantitative estimate of drug-likeness (QED) is 0.628. The van der Waals surface area contributed by atoms with Crippen LogP contribution in [0.5, 0.6) is 0 Å². The lowest BCUT2D eigenvalue weighted by Crippen LogP contribution is -1.61. The molecule has 0 bridgehead atoms. The van der Waals surface area contributed by atoms with Gasteiger partial charge in [0.15, 0.2) is 0 Å². The molecular weight excluding hydrogens is 164 g/mol. The Hall–Kier alpha value is -1.29. The van der Waals surface area contributed by atoms with Crippen molar-refractivity contribution in [2.24, 2.45) is 0 Å². The number of aromatic amines is 2. The summed E-state index contributed by atoms with van der Waals surface area (Å²) >= 11 is 0. The van der Waals surface area contributed by atoms with E-state index >= 15 is 0 Å². The molecule has 0 radical (unpaired) electrons. The first-order valence-electron chi connectivity index (χ1n) is 2.87. The van der Waals surface area contributed by atoms with Crippen LogP contribution >= 0.6 is 12.4 Å². The molecule has 0 amide bonds. The van der Waals surface area contributed by atoms with Crippen molar-refractivity contribution in [3.05, 3.63) is 36.9 Å². The molecule has 2 rings (SSSR count). The van der Waals surface area contributed by atoms with Crippen molar-refractivity contribution in [2.75, 3.05) is 0 Å². The first-order valence-corrected chi connectivity index (χ1v) is 2.87. The van der Waals surface area contributed by atoms with E-state index in [1.807, 2.05) is 24.5 Å². The topological polar surface area (TPSA) is 57.4 Å². The van der Waals surface area contributed by atoms with Crippen molar-refractivity contribution in [3.63, 3.8) is 0 Å². The van der Waals surface area contributed by atoms with Crippen molar-refractivity contribution in [2.45, 2.75) is 0 Å². The van der Waals surface area contributed by atoms with Crippen molar-refractivity contribution < 1.29 is 0 Å². The smallest absolute Gasteiger partial charge is 0.0690 e. The Bertz CT molecular complexity index is 154. The summed E-state index contributed by atoms with van der Waals surface area (Å²) < 4.78 is 0. The normalized spacial score (nSPS) is 7.27. The van der Waals surface area contributed by atoms with Gasteiger partial charge in [0.1, 0.15) is 0 Å². The summed E-state index contributed by atoms with van der Waals surface area (Å²) in [6.45, 7) is 0. The van der Waals surface area contributed by atoms with E-state index < -0.39 is 0 Å². The molecule has 0 aromatic carbocycles. The van der Waals surface area contributed by atoms with Crippen LogP contribution in [0.25, 0.3) is 0 Å². The van der Waals surface area contributed by atoms with Crippen LogP contribution in [0.1, 0.15) is 0 Å². The molecule has 4 nitrogen and oxygen atoms in total. The molecule has 0 fully saturated rings. The van der Waals surface area contributed by atoms with Crippen LogP contribution in [0, 0.1) is 0 Å². The molecule has 0 saturated heterocycles. The van der Waals surface area contributed by atoms with Gasteiger partial charge < -0.3 is 4.98 Å². The van der Waals surface area contributed by atoms with Crippen LogP contribution in [0.3, 0.4) is 0 Å². The first-order chi connectivity index (χ1) is 5.00. The molecule has 11 heavy (non-hydrogen) atoms. The average molecular weight is 173 g/mol. The van der Waals surface area contributed by atoms with Crippen LogP contribution in [0.15, 0.2) is 36.9 Å². The fraction of sp³-hybridized carbons (Fsp3) is 0. The van der Waals surface area contributed by atoms with Crippen LogP contribution in [-0.2, 0) is 0 Å². The van der Waals surface area contributed by atoms with Crippen molar-refractivity contribution >= 4 is 12.4 Å². The number of nitrogens with zero attached hydrogens (tertiary/aromatic N) is 2. The first kappa shape index (κ1) is 9.71. The SMILES string of the molecule is Cl.c1cc[nH]c1.c1cn[nH]n1. The second-order valence-electron chi connectivity index (χ2n) is 1.54. The molecule has 2 N–H and O–H groups in total. The molecule has 2 aromatic heterocycles. The minimum Gasteiger partial charge on any atom is -0.368 e. The zero-order chi connectivity index (χ0) is 7.07. The van der Waals surface area contributed by atoms with Gasteiger partial charge in [0.05, 0.1) is 12.4 Å². The van der Waals surface area contributed by atoms with E-state index in [0.29, 0.717) is 0 Å². The fourth-order valence-corrected chi connectivity index (χ4v) is 0.444. The van der Waals surface area contributed by atoms with Gasteiger partial charge in [0.2, 0.25) is 0 Å². The largest absolute Gasteiger partial charge is 0.368 e. The maximum absolute atomic E-state index is 3.49. The Morgan fingerprint density at radius 2 is 1.45 bits per heavy atom. The molecule has 60 valence electrons. The van der Waals surface area contributed by atoms with E-state index in [4.69, 9.17) is 0 Å². The van der Waals surface area contributed by atoms with Crippen molar-refractivity contribution in [3.8, 4) is 0 Å². The van der Waals surface area contributed by atoms with Gasteiger partial charge in [-0.1, -0.05) is 0 Å². The third-order valence-electron chi connectivity index (χ3n) is 0.827. The van der Waals surface area contributed by atoms with E-state index in [9.17, 15) is 0 Å². The number of hydrogen-bond donors (Lipinski definition) is 2. The zero-order valence-electron chi connectivity index (χ0n) is 5.77. The van der Waals surface area contributed by atoms with Gasteiger partial charge in [0, 0.05) is 12.4 Å². The van der Waals surface area contributed by atoms with Crippen LogP contribution < -0.4 is 0 Å². The van der Waals surface area contributed by atoms with Gasteiger partial charge in [-0.25, -0.2) is 0 Å². The minimum atomic E-state index is 0. The standard InChI is InChI=1S/C4H5N.C2H3N3.ClH/c2*1-2-4-5-3-1;/h1-5H;1-2H,(H,3,4,5);1H. The second kappa shape index (κ2) is 6.82. The highest BCUT2D eigenvalue weighted by atomic mass is 35.5. The van der Waals surface area contributed by atoms with Crippen LogP contribution in [0.2, 0.25) is 0 Å². The van der Waals surface area contributed by atoms with Crippen molar-refractivity contribution in [1.82, 2.24) is 20.4 Å². The number of rotatable bonds is 0. The molecule has 0 atom stereocenters. The molecule has 0 spiro atoms. The van der Waals surface area contributed by atoms with E-state index in [0.717, 1.165) is 0 Å². The van der Waals surface area contributed by atoms with Crippen LogP contribution in [0.4, 0.5) is 0 Å². The summed E-state index contributed by atoms with van der Waals surface area (Å²) in [6, 6.07) is 3.89. The summed E-state index contributed by atoms with van der Waals surface area (Å²) in [6.07, 6.45) is 6.92. The Kier molecular flexibility index (Phi) is 6.02. The summed E-state index contributed by atoms with van der Waals surface area (Å²) in [5, 5.41) is 9.33. The average Bonchev–Trinajstić information content (AvgIpc) is 2.67. The Balaban J connectivity index is 0.000000167. The molecule has 5 heteroatoms. The lowest BCUT2D eigenvalue weighted by atomic mass is 10.7. The van der Waals surface area contributed by atoms with E-state index in [-0.39, 0.29) is 12.4 Å². The highest BCUT2D eigenvalue weighted by Gasteiger charge is 1.57. The number of halogens is 1. The van der Waals surface area contributed by atoms with Crippen molar-refractivity contribution in [1.29, 1.82) is 0 Å². The minimum absolute atomic E-state index is 0. The lowest BCUT2D eigenvalue weighted by Gasteiger charge is -1.49. The predicted octanol–water partition coefficient (Wildman–Crippen LogP) is 1.24. The lowest BCUT2D eigenvalue weighted by molar-refractivity contribution is 0.940. The maximum Gasteiger partial charge on any atom is 0.0690 e. The predicted molar refractivity (Wildman–Crippen MR) is 44.4 cm³/mol. The molecule has 0 saturated carbocycles. The Labute approximate surface area is 70.4 Å². The molecule has 0 aliphatic rings. The van der Waals surface area contributed by atoms with E-state index in [2.05, 4.69) is 20.4 Å². The molecule has 0 aliphatic carbocycles. The van der Waals surface area contributed by atoms with Crippen LogP contribution in [-0.4, -0.2) is 20.4 Å². The summed E-state index contributed by atoms with van der Waals surface area (Å²) in [7, 11) is 0. The molecule has 2 heterocycles. The van der Waals surface area contributed by atoms with Gasteiger partial charge in [-0.15, -0.1) is 12.4 Å². The Morgan fingerprint density at radius 1 is 0.909 bits per heavy atom. The van der Waals surface area contributed by atoms with Gasteiger partial charge in [-0.05, 0) is 12.1 Å². The van der Waals surface area contributed by atoms with Gasteiger partial charge >= 0.3 is 0 Å². The second-order valence-corrected chi connectivity index (χ2v) is 1.54. The number of nitrogens with one attached hydrogen (secondary N) is 2. The van der Waals surface area contributed by atoms with Gasteiger partial charge in [-0.3, -0.25) is 0 Å². The summed E-state index contributed by atoms with van der Waals surface area (Å²) in [5.41, 5.74) is 0. The highest BCUT2D eigenvalue weighted by molar-refractivity contribution is 5.85. The van der Waals surface area contributed by atoms with E-state index in [1.54, 1.807) is 12.4 Å². The summed E-state index contributed by atoms with van der Waals surface area (Å²) in [5.74, 6) is 0. The van der Waals surface area contributed by atoms with E-state index in [1.165, 1.54) is 0 Å².